The van der Waals surface area contributed by atoms with Crippen molar-refractivity contribution in [2.75, 3.05) is 14.1 Å². The number of nitrogens with zero attached hydrogens (tertiary/aromatic N) is 5. The molecule has 122 valence electrons. The molecule has 2 aromatic rings. The molecule has 0 atom stereocenters. The van der Waals surface area contributed by atoms with E-state index in [0.717, 1.165) is 11.5 Å². The fraction of sp³-hybridized carbons (Fsp3) is 0.611. The molecule has 5 nitrogen and oxygen atoms in total. The lowest BCUT2D eigenvalue weighted by molar-refractivity contribution is 0.157. The zero-order valence-corrected chi connectivity index (χ0v) is 14.0. The second-order valence-electron chi connectivity index (χ2n) is 7.18. The molecule has 2 aromatic heterocycles. The lowest BCUT2D eigenvalue weighted by Crippen LogP contribution is -2.40. The van der Waals surface area contributed by atoms with Gasteiger partial charge in [0.25, 0.3) is 0 Å². The Morgan fingerprint density at radius 1 is 1.13 bits per heavy atom. The van der Waals surface area contributed by atoms with E-state index in [-0.39, 0.29) is 0 Å². The fourth-order valence-electron chi connectivity index (χ4n) is 3.86. The van der Waals surface area contributed by atoms with Crippen LogP contribution in [0.2, 0.25) is 0 Å². The maximum absolute atomic E-state index is 4.91. The van der Waals surface area contributed by atoms with Crippen LogP contribution in [0, 0.1) is 0 Å². The summed E-state index contributed by atoms with van der Waals surface area (Å²) in [5.41, 5.74) is 0.883. The molecule has 2 aliphatic carbocycles. The van der Waals surface area contributed by atoms with Crippen molar-refractivity contribution >= 4 is 0 Å². The minimum absolute atomic E-state index is 0.536. The van der Waals surface area contributed by atoms with Crippen molar-refractivity contribution in [3.8, 4) is 11.5 Å². The highest BCUT2D eigenvalue weighted by molar-refractivity contribution is 5.48. The minimum atomic E-state index is 0.536. The Balaban J connectivity index is 1.65. The third-order valence-corrected chi connectivity index (χ3v) is 5.43. The van der Waals surface area contributed by atoms with Crippen LogP contribution >= 0.6 is 0 Å². The van der Waals surface area contributed by atoms with Gasteiger partial charge < -0.3 is 4.90 Å². The van der Waals surface area contributed by atoms with Crippen molar-refractivity contribution < 1.29 is 0 Å². The highest BCUT2D eigenvalue weighted by atomic mass is 15.4. The molecule has 0 amide bonds. The van der Waals surface area contributed by atoms with Crippen molar-refractivity contribution in [1.82, 2.24) is 24.6 Å². The summed E-state index contributed by atoms with van der Waals surface area (Å²) < 4.78 is 2.24. The molecule has 5 heteroatoms. The van der Waals surface area contributed by atoms with E-state index in [2.05, 4.69) is 28.7 Å². The molecule has 0 aliphatic heterocycles. The fourth-order valence-corrected chi connectivity index (χ4v) is 3.86. The molecule has 0 N–H and O–H groups in total. The molecule has 0 bridgehead atoms. The molecular formula is C18H25N5. The molecule has 4 rings (SSSR count). The van der Waals surface area contributed by atoms with E-state index in [4.69, 9.17) is 10.1 Å². The molecule has 0 unspecified atom stereocenters. The van der Waals surface area contributed by atoms with Gasteiger partial charge in [0.2, 0.25) is 0 Å². The van der Waals surface area contributed by atoms with E-state index in [9.17, 15) is 0 Å². The van der Waals surface area contributed by atoms with Gasteiger partial charge >= 0.3 is 0 Å². The number of aromatic nitrogens is 4. The molecule has 2 fully saturated rings. The Hall–Kier alpha value is -1.75. The predicted octanol–water partition coefficient (Wildman–Crippen LogP) is 3.26. The van der Waals surface area contributed by atoms with Crippen LogP contribution in [0.4, 0.5) is 0 Å². The second-order valence-corrected chi connectivity index (χ2v) is 7.18. The van der Waals surface area contributed by atoms with E-state index in [1.807, 2.05) is 24.4 Å². The van der Waals surface area contributed by atoms with Gasteiger partial charge in [-0.15, -0.1) is 5.10 Å². The molecule has 2 saturated carbocycles. The number of hydrogen-bond donors (Lipinski definition) is 0. The van der Waals surface area contributed by atoms with Gasteiger partial charge in [-0.25, -0.2) is 9.67 Å². The number of pyridine rings is 1. The van der Waals surface area contributed by atoms with Crippen molar-refractivity contribution in [2.24, 2.45) is 0 Å². The first-order chi connectivity index (χ1) is 11.2. The zero-order valence-electron chi connectivity index (χ0n) is 14.0. The van der Waals surface area contributed by atoms with Crippen LogP contribution in [0.15, 0.2) is 24.4 Å². The Morgan fingerprint density at radius 2 is 1.91 bits per heavy atom. The van der Waals surface area contributed by atoms with Crippen LogP contribution < -0.4 is 0 Å². The third-order valence-electron chi connectivity index (χ3n) is 5.43. The zero-order chi connectivity index (χ0) is 15.8. The molecule has 2 aliphatic rings. The van der Waals surface area contributed by atoms with Gasteiger partial charge in [0.15, 0.2) is 5.82 Å². The minimum Gasteiger partial charge on any atom is -0.306 e. The number of hydrogen-bond acceptors (Lipinski definition) is 4. The molecule has 0 aromatic carbocycles. The van der Waals surface area contributed by atoms with Gasteiger partial charge in [-0.3, -0.25) is 4.98 Å². The van der Waals surface area contributed by atoms with Gasteiger partial charge in [0, 0.05) is 18.2 Å². The quantitative estimate of drug-likeness (QED) is 0.869. The average Bonchev–Trinajstić information content (AvgIpc) is 3.15. The Bertz CT molecular complexity index is 651. The summed E-state index contributed by atoms with van der Waals surface area (Å²) in [6, 6.07) is 7.16. The summed E-state index contributed by atoms with van der Waals surface area (Å²) in [4.78, 5) is 11.7. The molecule has 0 radical (unpaired) electrons. The molecule has 0 spiro atoms. The van der Waals surface area contributed by atoms with Crippen LogP contribution in [-0.2, 0) is 0 Å². The van der Waals surface area contributed by atoms with Gasteiger partial charge in [0.1, 0.15) is 11.5 Å². The maximum atomic E-state index is 4.91. The first-order valence-corrected chi connectivity index (χ1v) is 8.76. The summed E-state index contributed by atoms with van der Waals surface area (Å²) in [5, 5.41) is 4.86. The smallest absolute Gasteiger partial charge is 0.200 e. The van der Waals surface area contributed by atoms with Crippen LogP contribution in [0.3, 0.4) is 0 Å². The van der Waals surface area contributed by atoms with Gasteiger partial charge in [-0.05, 0) is 51.9 Å². The summed E-state index contributed by atoms with van der Waals surface area (Å²) in [6.45, 7) is 0. The predicted molar refractivity (Wildman–Crippen MR) is 90.2 cm³/mol. The SMILES string of the molecule is CN(C)C1CC(c2nc(-c3ccccn3)nn2C2CCCC2)C1. The standard InChI is InChI=1S/C18H25N5/c1-22(2)15-11-13(12-15)18-20-17(16-9-5-6-10-19-16)21-23(18)14-7-3-4-8-14/h5-6,9-10,13-15H,3-4,7-8,11-12H2,1-2H3. The summed E-state index contributed by atoms with van der Waals surface area (Å²) >= 11 is 0. The Morgan fingerprint density at radius 3 is 2.57 bits per heavy atom. The van der Waals surface area contributed by atoms with E-state index in [0.29, 0.717) is 18.0 Å². The van der Waals surface area contributed by atoms with Gasteiger partial charge in [-0.1, -0.05) is 18.9 Å². The first-order valence-electron chi connectivity index (χ1n) is 8.76. The highest BCUT2D eigenvalue weighted by Gasteiger charge is 2.37. The van der Waals surface area contributed by atoms with Crippen LogP contribution in [-0.4, -0.2) is 44.8 Å². The largest absolute Gasteiger partial charge is 0.306 e. The van der Waals surface area contributed by atoms with Crippen LogP contribution in [0.1, 0.15) is 56.3 Å². The van der Waals surface area contributed by atoms with E-state index in [1.54, 1.807) is 0 Å². The normalized spacial score (nSPS) is 25.0. The molecule has 23 heavy (non-hydrogen) atoms. The number of rotatable bonds is 4. The van der Waals surface area contributed by atoms with Crippen LogP contribution in [0.25, 0.3) is 11.5 Å². The van der Waals surface area contributed by atoms with Gasteiger partial charge in [0.05, 0.1) is 6.04 Å². The topological polar surface area (TPSA) is 46.8 Å². The lowest BCUT2D eigenvalue weighted by atomic mass is 9.79. The average molecular weight is 311 g/mol. The third kappa shape index (κ3) is 2.78. The highest BCUT2D eigenvalue weighted by Crippen LogP contribution is 2.41. The van der Waals surface area contributed by atoms with E-state index in [1.165, 1.54) is 44.3 Å². The van der Waals surface area contributed by atoms with E-state index < -0.39 is 0 Å². The maximum Gasteiger partial charge on any atom is 0.200 e. The Kier molecular flexibility index (Phi) is 3.89. The van der Waals surface area contributed by atoms with Crippen molar-refractivity contribution in [3.63, 3.8) is 0 Å². The summed E-state index contributed by atoms with van der Waals surface area (Å²) in [6.07, 6.45) is 9.31. The van der Waals surface area contributed by atoms with Crippen LogP contribution in [0.5, 0.6) is 0 Å². The monoisotopic (exact) mass is 311 g/mol. The lowest BCUT2D eigenvalue weighted by Gasteiger charge is -2.39. The second kappa shape index (κ2) is 6.04. The Labute approximate surface area is 137 Å². The molecular weight excluding hydrogens is 286 g/mol. The van der Waals surface area contributed by atoms with Crippen molar-refractivity contribution in [1.29, 1.82) is 0 Å². The van der Waals surface area contributed by atoms with Crippen molar-refractivity contribution in [3.05, 3.63) is 30.2 Å². The van der Waals surface area contributed by atoms with Gasteiger partial charge in [-0.2, -0.15) is 0 Å². The first kappa shape index (κ1) is 14.8. The summed E-state index contributed by atoms with van der Waals surface area (Å²) in [7, 11) is 4.34. The molecule has 2 heterocycles. The summed E-state index contributed by atoms with van der Waals surface area (Å²) in [5.74, 6) is 2.53. The molecule has 0 saturated heterocycles. The van der Waals surface area contributed by atoms with E-state index >= 15 is 0 Å². The van der Waals surface area contributed by atoms with Crippen molar-refractivity contribution in [2.45, 2.75) is 56.5 Å².